The van der Waals surface area contributed by atoms with Gasteiger partial charge in [-0.15, -0.1) is 0 Å². The summed E-state index contributed by atoms with van der Waals surface area (Å²) in [6.07, 6.45) is 1.95. The molecule has 0 nitrogen and oxygen atoms in total. The lowest BCUT2D eigenvalue weighted by Gasteiger charge is -2.17. The molecule has 0 spiro atoms. The molecule has 0 aliphatic rings. The highest BCUT2D eigenvalue weighted by molar-refractivity contribution is 9.09. The fourth-order valence-corrected chi connectivity index (χ4v) is 3.22. The summed E-state index contributed by atoms with van der Waals surface area (Å²) in [4.78, 5) is -0.0930. The van der Waals surface area contributed by atoms with Crippen LogP contribution in [0.2, 0.25) is 0 Å². The van der Waals surface area contributed by atoms with E-state index in [4.69, 9.17) is 0 Å². The predicted octanol–water partition coefficient (Wildman–Crippen LogP) is 5.74. The zero-order valence-corrected chi connectivity index (χ0v) is 13.8. The van der Waals surface area contributed by atoms with Crippen LogP contribution in [0.15, 0.2) is 36.4 Å². The zero-order chi connectivity index (χ0) is 14.7. The number of hydrogen-bond acceptors (Lipinski definition) is 0. The number of hydrogen-bond donors (Lipinski definition) is 0. The Kier molecular flexibility index (Phi) is 4.98. The van der Waals surface area contributed by atoms with Gasteiger partial charge in [0, 0.05) is 5.56 Å². The van der Waals surface area contributed by atoms with Gasteiger partial charge in [-0.3, -0.25) is 0 Å². The first kappa shape index (κ1) is 15.2. The van der Waals surface area contributed by atoms with E-state index >= 15 is 0 Å². The molecule has 20 heavy (non-hydrogen) atoms. The Bertz CT molecular complexity index is 604. The molecule has 0 radical (unpaired) electrons. The van der Waals surface area contributed by atoms with Crippen molar-refractivity contribution >= 4 is 15.9 Å². The van der Waals surface area contributed by atoms with E-state index in [1.54, 1.807) is 6.07 Å². The van der Waals surface area contributed by atoms with Crippen LogP contribution >= 0.6 is 15.9 Å². The van der Waals surface area contributed by atoms with Crippen LogP contribution in [0.5, 0.6) is 0 Å². The van der Waals surface area contributed by atoms with Gasteiger partial charge in [-0.2, -0.15) is 0 Å². The number of benzene rings is 2. The smallest absolute Gasteiger partial charge is 0.128 e. The molecule has 1 unspecified atom stereocenters. The molecule has 0 saturated heterocycles. The minimum absolute atomic E-state index is 0.0930. The van der Waals surface area contributed by atoms with E-state index in [1.165, 1.54) is 16.7 Å². The largest absolute Gasteiger partial charge is 0.207 e. The van der Waals surface area contributed by atoms with Crippen molar-refractivity contribution in [1.29, 1.82) is 0 Å². The number of aryl methyl sites for hydroxylation is 3. The molecule has 0 fully saturated rings. The van der Waals surface area contributed by atoms with Crippen molar-refractivity contribution in [1.82, 2.24) is 0 Å². The van der Waals surface area contributed by atoms with Crippen molar-refractivity contribution in [2.75, 3.05) is 0 Å². The molecule has 0 aromatic heterocycles. The van der Waals surface area contributed by atoms with E-state index in [9.17, 15) is 4.39 Å². The second-order valence-corrected chi connectivity index (χ2v) is 6.04. The average Bonchev–Trinajstić information content (AvgIpc) is 2.46. The molecule has 2 rings (SSSR count). The van der Waals surface area contributed by atoms with Crippen LogP contribution in [0, 0.1) is 12.7 Å². The van der Waals surface area contributed by atoms with Crippen LogP contribution in [0.25, 0.3) is 0 Å². The van der Waals surface area contributed by atoms with Crippen LogP contribution in [0.3, 0.4) is 0 Å². The molecule has 0 amide bonds. The lowest BCUT2D eigenvalue weighted by atomic mass is 9.94. The van der Waals surface area contributed by atoms with E-state index in [0.717, 1.165) is 18.4 Å². The first-order valence-electron chi connectivity index (χ1n) is 7.08. The monoisotopic (exact) mass is 334 g/mol. The summed E-state index contributed by atoms with van der Waals surface area (Å²) in [5.41, 5.74) is 5.38. The fourth-order valence-electron chi connectivity index (χ4n) is 2.43. The second-order valence-electron chi connectivity index (χ2n) is 5.13. The fraction of sp³-hybridized carbons (Fsp3) is 0.333. The number of rotatable bonds is 4. The summed E-state index contributed by atoms with van der Waals surface area (Å²) >= 11 is 3.68. The molecule has 0 aliphatic heterocycles. The highest BCUT2D eigenvalue weighted by Crippen LogP contribution is 2.35. The topological polar surface area (TPSA) is 0 Å². The summed E-state index contributed by atoms with van der Waals surface area (Å²) in [7, 11) is 0. The molecule has 2 heteroatoms. The highest BCUT2D eigenvalue weighted by atomic mass is 79.9. The third-order valence-electron chi connectivity index (χ3n) is 3.70. The van der Waals surface area contributed by atoms with Crippen molar-refractivity contribution in [3.63, 3.8) is 0 Å². The van der Waals surface area contributed by atoms with Gasteiger partial charge in [0.1, 0.15) is 5.82 Å². The third-order valence-corrected chi connectivity index (χ3v) is 4.69. The Balaban J connectivity index is 2.48. The van der Waals surface area contributed by atoms with E-state index in [1.807, 2.05) is 19.1 Å². The maximum atomic E-state index is 14.2. The summed E-state index contributed by atoms with van der Waals surface area (Å²) in [5.74, 6) is -0.143. The molecule has 2 aromatic rings. The predicted molar refractivity (Wildman–Crippen MR) is 87.1 cm³/mol. The third kappa shape index (κ3) is 3.12. The van der Waals surface area contributed by atoms with Gasteiger partial charge in [0.25, 0.3) is 0 Å². The molecule has 106 valence electrons. The van der Waals surface area contributed by atoms with E-state index in [-0.39, 0.29) is 10.6 Å². The minimum atomic E-state index is -0.143. The molecule has 0 aliphatic carbocycles. The van der Waals surface area contributed by atoms with E-state index in [2.05, 4.69) is 48.0 Å². The Morgan fingerprint density at radius 3 is 2.35 bits per heavy atom. The number of alkyl halides is 1. The summed E-state index contributed by atoms with van der Waals surface area (Å²) in [6, 6.07) is 11.9. The normalized spacial score (nSPS) is 12.4. The first-order chi connectivity index (χ1) is 9.56. The van der Waals surface area contributed by atoms with Gasteiger partial charge in [0.05, 0.1) is 4.83 Å². The second kappa shape index (κ2) is 6.53. The summed E-state index contributed by atoms with van der Waals surface area (Å²) < 4.78 is 14.2. The van der Waals surface area contributed by atoms with Gasteiger partial charge in [0.2, 0.25) is 0 Å². The first-order valence-corrected chi connectivity index (χ1v) is 8.00. The highest BCUT2D eigenvalue weighted by Gasteiger charge is 2.17. The van der Waals surface area contributed by atoms with Gasteiger partial charge in [0.15, 0.2) is 0 Å². The van der Waals surface area contributed by atoms with Gasteiger partial charge in [-0.25, -0.2) is 4.39 Å². The summed E-state index contributed by atoms with van der Waals surface area (Å²) in [6.45, 7) is 6.18. The van der Waals surface area contributed by atoms with Crippen LogP contribution in [-0.2, 0) is 12.8 Å². The standard InChI is InChI=1S/C18H20BrF/c1-4-13-7-8-14(5-2)16(11-13)18(19)15-9-6-12(3)10-17(15)20/h6-11,18H,4-5H2,1-3H3. The summed E-state index contributed by atoms with van der Waals surface area (Å²) in [5, 5.41) is 0. The Morgan fingerprint density at radius 2 is 1.75 bits per heavy atom. The van der Waals surface area contributed by atoms with Crippen molar-refractivity contribution in [3.8, 4) is 0 Å². The van der Waals surface area contributed by atoms with E-state index in [0.29, 0.717) is 5.56 Å². The Hall–Kier alpha value is -1.15. The SMILES string of the molecule is CCc1ccc(CC)c(C(Br)c2ccc(C)cc2F)c1. The molecule has 0 bridgehead atoms. The molecular formula is C18H20BrF. The molecule has 0 N–H and O–H groups in total. The zero-order valence-electron chi connectivity index (χ0n) is 12.2. The van der Waals surface area contributed by atoms with Gasteiger partial charge in [-0.05, 0) is 48.1 Å². The van der Waals surface area contributed by atoms with Crippen LogP contribution in [0.4, 0.5) is 4.39 Å². The lowest BCUT2D eigenvalue weighted by molar-refractivity contribution is 0.612. The Labute approximate surface area is 129 Å². The van der Waals surface area contributed by atoms with Crippen molar-refractivity contribution < 1.29 is 4.39 Å². The average molecular weight is 335 g/mol. The molecule has 2 aromatic carbocycles. The maximum absolute atomic E-state index is 14.2. The van der Waals surface area contributed by atoms with Gasteiger partial charge in [-0.1, -0.05) is 60.1 Å². The molecular weight excluding hydrogens is 315 g/mol. The van der Waals surface area contributed by atoms with Gasteiger partial charge < -0.3 is 0 Å². The van der Waals surface area contributed by atoms with Crippen LogP contribution in [-0.4, -0.2) is 0 Å². The maximum Gasteiger partial charge on any atom is 0.128 e. The molecule has 1 atom stereocenters. The number of halogens is 2. The lowest BCUT2D eigenvalue weighted by Crippen LogP contribution is -2.02. The van der Waals surface area contributed by atoms with Crippen molar-refractivity contribution in [2.24, 2.45) is 0 Å². The quantitative estimate of drug-likeness (QED) is 0.625. The van der Waals surface area contributed by atoms with Crippen molar-refractivity contribution in [2.45, 2.75) is 38.4 Å². The minimum Gasteiger partial charge on any atom is -0.207 e. The van der Waals surface area contributed by atoms with Crippen LogP contribution in [0.1, 0.15) is 46.5 Å². The van der Waals surface area contributed by atoms with Gasteiger partial charge >= 0.3 is 0 Å². The Morgan fingerprint density at radius 1 is 1.00 bits per heavy atom. The molecule has 0 heterocycles. The van der Waals surface area contributed by atoms with Crippen LogP contribution < -0.4 is 0 Å². The van der Waals surface area contributed by atoms with E-state index < -0.39 is 0 Å². The molecule has 0 saturated carbocycles. The van der Waals surface area contributed by atoms with Crippen molar-refractivity contribution in [3.05, 3.63) is 70.0 Å².